The molecular weight excluding hydrogens is 266 g/mol. The second-order valence-electron chi connectivity index (χ2n) is 3.80. The topological polar surface area (TPSA) is 26.3 Å². The van der Waals surface area contributed by atoms with Gasteiger partial charge in [0, 0.05) is 12.8 Å². The van der Waals surface area contributed by atoms with Gasteiger partial charge in [0.05, 0.1) is 7.11 Å². The van der Waals surface area contributed by atoms with Crippen LogP contribution in [-0.4, -0.2) is 31.3 Å². The van der Waals surface area contributed by atoms with Crippen LogP contribution in [0, 0.1) is 0 Å². The number of carbonyl (C=O) groups excluding carboxylic acids is 1. The molecule has 0 aromatic heterocycles. The molecule has 0 bridgehead atoms. The van der Waals surface area contributed by atoms with Gasteiger partial charge in [0.1, 0.15) is 0 Å². The van der Waals surface area contributed by atoms with E-state index in [9.17, 15) is 31.1 Å². The SMILES string of the molecule is COC(=O)CCCCCC(F)(F)C(F)C(F)(F)F. The predicted molar refractivity (Wildman–Crippen MR) is 51.0 cm³/mol. The number of methoxy groups -OCH3 is 1. The second-order valence-corrected chi connectivity index (χ2v) is 3.80. The smallest absolute Gasteiger partial charge is 0.425 e. The summed E-state index contributed by atoms with van der Waals surface area (Å²) in [5.74, 6) is -4.95. The molecule has 0 amide bonds. The fourth-order valence-corrected chi connectivity index (χ4v) is 1.28. The first-order chi connectivity index (χ1) is 8.11. The molecule has 0 heterocycles. The molecule has 0 spiro atoms. The Bertz CT molecular complexity index is 264. The summed E-state index contributed by atoms with van der Waals surface area (Å²) in [4.78, 5) is 10.6. The van der Waals surface area contributed by atoms with Gasteiger partial charge < -0.3 is 4.74 Å². The van der Waals surface area contributed by atoms with Crippen molar-refractivity contribution in [3.05, 3.63) is 0 Å². The lowest BCUT2D eigenvalue weighted by atomic mass is 10.0. The first-order valence-electron chi connectivity index (χ1n) is 5.26. The van der Waals surface area contributed by atoms with Crippen molar-refractivity contribution in [2.24, 2.45) is 0 Å². The normalized spacial score (nSPS) is 14.4. The fourth-order valence-electron chi connectivity index (χ4n) is 1.28. The molecule has 0 aliphatic rings. The van der Waals surface area contributed by atoms with E-state index in [2.05, 4.69) is 4.74 Å². The van der Waals surface area contributed by atoms with E-state index in [0.29, 0.717) is 0 Å². The average Bonchev–Trinajstić information content (AvgIpc) is 2.25. The summed E-state index contributed by atoms with van der Waals surface area (Å²) in [6.45, 7) is 0. The molecule has 18 heavy (non-hydrogen) atoms. The highest BCUT2D eigenvalue weighted by Crippen LogP contribution is 2.37. The maximum atomic E-state index is 12.8. The van der Waals surface area contributed by atoms with Crippen molar-refractivity contribution in [1.29, 1.82) is 0 Å². The number of halogens is 6. The van der Waals surface area contributed by atoms with Gasteiger partial charge >= 0.3 is 12.1 Å². The summed E-state index contributed by atoms with van der Waals surface area (Å²) >= 11 is 0. The van der Waals surface area contributed by atoms with Gasteiger partial charge in [0.15, 0.2) is 0 Å². The third kappa shape index (κ3) is 6.11. The Morgan fingerprint density at radius 2 is 1.67 bits per heavy atom. The van der Waals surface area contributed by atoms with Crippen LogP contribution in [0.5, 0.6) is 0 Å². The zero-order chi connectivity index (χ0) is 14.4. The number of hydrogen-bond donors (Lipinski definition) is 0. The van der Waals surface area contributed by atoms with Crippen LogP contribution in [-0.2, 0) is 9.53 Å². The lowest BCUT2D eigenvalue weighted by Crippen LogP contribution is -2.41. The third-order valence-corrected chi connectivity index (χ3v) is 2.28. The monoisotopic (exact) mass is 280 g/mol. The maximum Gasteiger partial charge on any atom is 0.425 e. The number of alkyl halides is 6. The Morgan fingerprint density at radius 1 is 1.11 bits per heavy atom. The van der Waals surface area contributed by atoms with Crippen LogP contribution in [0.15, 0.2) is 0 Å². The highest BCUT2D eigenvalue weighted by molar-refractivity contribution is 5.68. The highest BCUT2D eigenvalue weighted by Gasteiger charge is 2.56. The van der Waals surface area contributed by atoms with Crippen LogP contribution in [0.1, 0.15) is 32.1 Å². The van der Waals surface area contributed by atoms with Crippen molar-refractivity contribution >= 4 is 5.97 Å². The van der Waals surface area contributed by atoms with Gasteiger partial charge in [-0.3, -0.25) is 4.79 Å². The largest absolute Gasteiger partial charge is 0.469 e. The van der Waals surface area contributed by atoms with E-state index < -0.39 is 30.7 Å². The van der Waals surface area contributed by atoms with Crippen molar-refractivity contribution < 1.29 is 35.9 Å². The van der Waals surface area contributed by atoms with Crippen molar-refractivity contribution in [3.8, 4) is 0 Å². The van der Waals surface area contributed by atoms with Crippen LogP contribution in [0.3, 0.4) is 0 Å². The molecule has 0 aromatic rings. The second kappa shape index (κ2) is 6.84. The molecule has 0 radical (unpaired) electrons. The van der Waals surface area contributed by atoms with E-state index in [1.165, 1.54) is 0 Å². The highest BCUT2D eigenvalue weighted by atomic mass is 19.4. The van der Waals surface area contributed by atoms with Gasteiger partial charge in [0.25, 0.3) is 12.1 Å². The van der Waals surface area contributed by atoms with Crippen LogP contribution in [0.4, 0.5) is 26.3 Å². The molecule has 0 fully saturated rings. The summed E-state index contributed by atoms with van der Waals surface area (Å²) in [5, 5.41) is 0. The summed E-state index contributed by atoms with van der Waals surface area (Å²) in [6.07, 6.45) is -10.9. The molecule has 0 aromatic carbocycles. The van der Waals surface area contributed by atoms with E-state index in [1.807, 2.05) is 0 Å². The minimum atomic E-state index is -5.56. The van der Waals surface area contributed by atoms with Crippen molar-refractivity contribution in [2.45, 2.75) is 50.4 Å². The van der Waals surface area contributed by atoms with Crippen LogP contribution < -0.4 is 0 Å². The summed E-state index contributed by atoms with van der Waals surface area (Å²) in [6, 6.07) is 0. The molecule has 0 aliphatic heterocycles. The van der Waals surface area contributed by atoms with E-state index in [1.54, 1.807) is 0 Å². The average molecular weight is 280 g/mol. The number of unbranched alkanes of at least 4 members (excludes halogenated alkanes) is 2. The standard InChI is InChI=1S/C10H14F6O2/c1-18-7(17)5-3-2-4-6-9(12,13)8(11)10(14,15)16/h8H,2-6H2,1H3. The van der Waals surface area contributed by atoms with Gasteiger partial charge in [-0.1, -0.05) is 6.42 Å². The van der Waals surface area contributed by atoms with Crippen LogP contribution in [0.25, 0.3) is 0 Å². The number of ether oxygens (including phenoxy) is 1. The summed E-state index contributed by atoms with van der Waals surface area (Å²) < 4.78 is 77.5. The summed E-state index contributed by atoms with van der Waals surface area (Å²) in [7, 11) is 1.16. The number of hydrogen-bond acceptors (Lipinski definition) is 2. The quantitative estimate of drug-likeness (QED) is 0.404. The van der Waals surface area contributed by atoms with Gasteiger partial charge in [-0.25, -0.2) is 13.2 Å². The fraction of sp³-hybridized carbons (Fsp3) is 0.900. The molecule has 8 heteroatoms. The molecule has 0 saturated carbocycles. The van der Waals surface area contributed by atoms with E-state index in [4.69, 9.17) is 0 Å². The van der Waals surface area contributed by atoms with Crippen molar-refractivity contribution in [3.63, 3.8) is 0 Å². The van der Waals surface area contributed by atoms with Crippen molar-refractivity contribution in [1.82, 2.24) is 0 Å². The lowest BCUT2D eigenvalue weighted by molar-refractivity contribution is -0.245. The van der Waals surface area contributed by atoms with Crippen LogP contribution in [0.2, 0.25) is 0 Å². The van der Waals surface area contributed by atoms with E-state index in [-0.39, 0.29) is 25.7 Å². The van der Waals surface area contributed by atoms with E-state index >= 15 is 0 Å². The summed E-state index contributed by atoms with van der Waals surface area (Å²) in [5.41, 5.74) is 0. The first-order valence-corrected chi connectivity index (χ1v) is 5.26. The molecule has 108 valence electrons. The number of rotatable bonds is 7. The lowest BCUT2D eigenvalue weighted by Gasteiger charge is -2.22. The minimum Gasteiger partial charge on any atom is -0.469 e. The minimum absolute atomic E-state index is 0.000393. The van der Waals surface area contributed by atoms with Gasteiger partial charge in [-0.15, -0.1) is 0 Å². The molecule has 0 rings (SSSR count). The molecule has 0 aliphatic carbocycles. The third-order valence-electron chi connectivity index (χ3n) is 2.28. The van der Waals surface area contributed by atoms with Gasteiger partial charge in [-0.05, 0) is 12.8 Å². The Labute approximate surface area is 100 Å². The van der Waals surface area contributed by atoms with Gasteiger partial charge in [0.2, 0.25) is 0 Å². The van der Waals surface area contributed by atoms with E-state index in [0.717, 1.165) is 7.11 Å². The Morgan fingerprint density at radius 3 is 2.11 bits per heavy atom. The zero-order valence-corrected chi connectivity index (χ0v) is 9.70. The Hall–Kier alpha value is -0.950. The molecule has 0 saturated heterocycles. The molecule has 1 atom stereocenters. The molecular formula is C10H14F6O2. The Kier molecular flexibility index (Phi) is 6.48. The molecule has 0 N–H and O–H groups in total. The molecule has 2 nitrogen and oxygen atoms in total. The maximum absolute atomic E-state index is 12.8. The first kappa shape index (κ1) is 17.1. The Balaban J connectivity index is 3.94. The van der Waals surface area contributed by atoms with Crippen LogP contribution >= 0.6 is 0 Å². The number of esters is 1. The predicted octanol–water partition coefficient (Wildman–Crippen LogP) is 3.65. The number of carbonyl (C=O) groups is 1. The zero-order valence-electron chi connectivity index (χ0n) is 9.70. The van der Waals surface area contributed by atoms with Crippen molar-refractivity contribution in [2.75, 3.05) is 7.11 Å². The van der Waals surface area contributed by atoms with Gasteiger partial charge in [-0.2, -0.15) is 13.2 Å². The molecule has 1 unspecified atom stereocenters.